The largest absolute Gasteiger partial charge is 0.490 e. The molecule has 1 aliphatic rings. The molecule has 0 atom stereocenters. The van der Waals surface area contributed by atoms with E-state index in [1.165, 1.54) is 17.2 Å². The molecule has 8 heteroatoms. The molecule has 1 fully saturated rings. The summed E-state index contributed by atoms with van der Waals surface area (Å²) in [6, 6.07) is 6.95. The van der Waals surface area contributed by atoms with Crippen LogP contribution in [0.25, 0.3) is 10.9 Å². The number of alkyl halides is 3. The highest BCUT2D eigenvalue weighted by Crippen LogP contribution is 2.31. The summed E-state index contributed by atoms with van der Waals surface area (Å²) in [6.07, 6.45) is 0.441. The summed E-state index contributed by atoms with van der Waals surface area (Å²) in [7, 11) is 0. The smallest absolute Gasteiger partial charge is 0.406 e. The maximum absolute atomic E-state index is 12.8. The molecule has 0 N–H and O–H groups in total. The minimum atomic E-state index is -4.25. The summed E-state index contributed by atoms with van der Waals surface area (Å²) in [5.41, 5.74) is 1.49. The number of hydrogen-bond donors (Lipinski definition) is 0. The van der Waals surface area contributed by atoms with Gasteiger partial charge in [0, 0.05) is 31.2 Å². The zero-order valence-corrected chi connectivity index (χ0v) is 15.6. The number of aryl methyl sites for hydroxylation is 1. The average molecular weight is 393 g/mol. The SMILES string of the molecule is Cc1ocnc1CN1CCC(Oc2cccc3c2ccn3CC(F)(F)F)CC1. The second-order valence-electron chi connectivity index (χ2n) is 7.20. The van der Waals surface area contributed by atoms with Crippen LogP contribution in [0.3, 0.4) is 0 Å². The van der Waals surface area contributed by atoms with E-state index in [-0.39, 0.29) is 6.10 Å². The Kier molecular flexibility index (Phi) is 5.05. The number of rotatable bonds is 5. The van der Waals surface area contributed by atoms with Crippen LogP contribution in [0.5, 0.6) is 5.75 Å². The van der Waals surface area contributed by atoms with Gasteiger partial charge in [-0.2, -0.15) is 13.2 Å². The highest BCUT2D eigenvalue weighted by atomic mass is 19.4. The van der Waals surface area contributed by atoms with E-state index >= 15 is 0 Å². The minimum absolute atomic E-state index is 0.0474. The molecule has 4 rings (SSSR count). The molecule has 1 aromatic carbocycles. The number of aromatic nitrogens is 2. The Hall–Kier alpha value is -2.48. The van der Waals surface area contributed by atoms with Gasteiger partial charge in [0.1, 0.15) is 24.2 Å². The number of fused-ring (bicyclic) bond motifs is 1. The molecule has 1 saturated heterocycles. The fourth-order valence-electron chi connectivity index (χ4n) is 3.69. The molecule has 2 aromatic heterocycles. The number of likely N-dealkylation sites (tertiary alicyclic amines) is 1. The molecule has 1 aliphatic heterocycles. The molecule has 5 nitrogen and oxygen atoms in total. The van der Waals surface area contributed by atoms with Gasteiger partial charge < -0.3 is 13.7 Å². The average Bonchev–Trinajstić information content (AvgIpc) is 3.23. The van der Waals surface area contributed by atoms with Crippen LogP contribution in [0.1, 0.15) is 24.3 Å². The summed E-state index contributed by atoms with van der Waals surface area (Å²) in [6.45, 7) is 3.42. The second-order valence-corrected chi connectivity index (χ2v) is 7.20. The molecular weight excluding hydrogens is 371 g/mol. The monoisotopic (exact) mass is 393 g/mol. The lowest BCUT2D eigenvalue weighted by atomic mass is 10.1. The normalized spacial score (nSPS) is 16.7. The Labute approximate surface area is 160 Å². The first-order valence-electron chi connectivity index (χ1n) is 9.31. The maximum Gasteiger partial charge on any atom is 0.406 e. The van der Waals surface area contributed by atoms with E-state index in [0.717, 1.165) is 43.9 Å². The predicted octanol–water partition coefficient (Wildman–Crippen LogP) is 4.54. The number of oxazole rings is 1. The van der Waals surface area contributed by atoms with Crippen LogP contribution in [-0.4, -0.2) is 39.8 Å². The van der Waals surface area contributed by atoms with Gasteiger partial charge in [-0.3, -0.25) is 4.90 Å². The van der Waals surface area contributed by atoms with Crippen molar-refractivity contribution in [3.63, 3.8) is 0 Å². The van der Waals surface area contributed by atoms with Crippen LogP contribution in [0.15, 0.2) is 41.3 Å². The molecular formula is C20H22F3N3O2. The summed E-state index contributed by atoms with van der Waals surface area (Å²) in [5.74, 6) is 1.48. The lowest BCUT2D eigenvalue weighted by molar-refractivity contribution is -0.139. The van der Waals surface area contributed by atoms with Gasteiger partial charge in [0.25, 0.3) is 0 Å². The Morgan fingerprint density at radius 2 is 2.00 bits per heavy atom. The number of ether oxygens (including phenoxy) is 1. The van der Waals surface area contributed by atoms with Crippen molar-refractivity contribution in [2.24, 2.45) is 0 Å². The summed E-state index contributed by atoms with van der Waals surface area (Å²) < 4.78 is 50.9. The van der Waals surface area contributed by atoms with Gasteiger partial charge in [-0.1, -0.05) is 6.07 Å². The first-order chi connectivity index (χ1) is 13.4. The topological polar surface area (TPSA) is 43.4 Å². The highest BCUT2D eigenvalue weighted by molar-refractivity contribution is 5.86. The standard InChI is InChI=1S/C20H22F3N3O2/c1-14-17(24-13-27-14)11-25-8-5-15(6-9-25)28-19-4-2-3-18-16(19)7-10-26(18)12-20(21,22)23/h2-4,7,10,13,15H,5-6,8-9,11-12H2,1H3. The van der Waals surface area contributed by atoms with Gasteiger partial charge in [-0.15, -0.1) is 0 Å². The van der Waals surface area contributed by atoms with Crippen LogP contribution in [0.2, 0.25) is 0 Å². The van der Waals surface area contributed by atoms with Crippen LogP contribution in [0.4, 0.5) is 13.2 Å². The van der Waals surface area contributed by atoms with E-state index < -0.39 is 12.7 Å². The third-order valence-corrected chi connectivity index (χ3v) is 5.17. The fraction of sp³-hybridized carbons (Fsp3) is 0.450. The van der Waals surface area contributed by atoms with Crippen LogP contribution >= 0.6 is 0 Å². The van der Waals surface area contributed by atoms with Crippen molar-refractivity contribution < 1.29 is 22.3 Å². The Bertz CT molecular complexity index is 940. The van der Waals surface area contributed by atoms with E-state index in [4.69, 9.17) is 9.15 Å². The van der Waals surface area contributed by atoms with E-state index in [0.29, 0.717) is 16.7 Å². The van der Waals surface area contributed by atoms with E-state index in [9.17, 15) is 13.2 Å². The summed E-state index contributed by atoms with van der Waals surface area (Å²) in [4.78, 5) is 6.55. The third kappa shape index (κ3) is 4.16. The number of hydrogen-bond acceptors (Lipinski definition) is 4. The van der Waals surface area contributed by atoms with Gasteiger partial charge in [0.05, 0.1) is 11.2 Å². The van der Waals surface area contributed by atoms with Crippen molar-refractivity contribution >= 4 is 10.9 Å². The van der Waals surface area contributed by atoms with E-state index in [1.807, 2.05) is 13.0 Å². The summed E-state index contributed by atoms with van der Waals surface area (Å²) in [5, 5.41) is 0.715. The predicted molar refractivity (Wildman–Crippen MR) is 98.2 cm³/mol. The molecule has 0 saturated carbocycles. The fourth-order valence-corrected chi connectivity index (χ4v) is 3.69. The van der Waals surface area contributed by atoms with Gasteiger partial charge in [0.2, 0.25) is 0 Å². The molecule has 0 spiro atoms. The molecule has 0 amide bonds. The highest BCUT2D eigenvalue weighted by Gasteiger charge is 2.29. The number of benzene rings is 1. The maximum atomic E-state index is 12.8. The molecule has 150 valence electrons. The summed E-state index contributed by atoms with van der Waals surface area (Å²) >= 11 is 0. The van der Waals surface area contributed by atoms with Gasteiger partial charge >= 0.3 is 6.18 Å². The number of piperidine rings is 1. The van der Waals surface area contributed by atoms with Crippen molar-refractivity contribution in [2.75, 3.05) is 13.1 Å². The molecule has 3 heterocycles. The molecule has 3 aromatic rings. The van der Waals surface area contributed by atoms with Crippen LogP contribution in [0, 0.1) is 6.92 Å². The van der Waals surface area contributed by atoms with Crippen molar-refractivity contribution in [3.8, 4) is 5.75 Å². The molecule has 0 bridgehead atoms. The first-order valence-corrected chi connectivity index (χ1v) is 9.31. The quantitative estimate of drug-likeness (QED) is 0.638. The number of nitrogens with zero attached hydrogens (tertiary/aromatic N) is 3. The first kappa shape index (κ1) is 18.9. The van der Waals surface area contributed by atoms with Crippen molar-refractivity contribution in [3.05, 3.63) is 48.3 Å². The van der Waals surface area contributed by atoms with Crippen molar-refractivity contribution in [1.29, 1.82) is 0 Å². The molecule has 0 unspecified atom stereocenters. The molecule has 0 radical (unpaired) electrons. The Morgan fingerprint density at radius 3 is 2.68 bits per heavy atom. The van der Waals surface area contributed by atoms with Crippen LogP contribution < -0.4 is 4.74 Å². The zero-order valence-electron chi connectivity index (χ0n) is 15.6. The van der Waals surface area contributed by atoms with Crippen LogP contribution in [-0.2, 0) is 13.1 Å². The Morgan fingerprint density at radius 1 is 1.21 bits per heavy atom. The van der Waals surface area contributed by atoms with Crippen molar-refractivity contribution in [2.45, 2.75) is 45.1 Å². The van der Waals surface area contributed by atoms with Crippen molar-refractivity contribution in [1.82, 2.24) is 14.5 Å². The zero-order chi connectivity index (χ0) is 19.7. The van der Waals surface area contributed by atoms with Gasteiger partial charge in [-0.05, 0) is 38.0 Å². The minimum Gasteiger partial charge on any atom is -0.490 e. The Balaban J connectivity index is 1.40. The lowest BCUT2D eigenvalue weighted by Gasteiger charge is -2.31. The second kappa shape index (κ2) is 7.50. The van der Waals surface area contributed by atoms with E-state index in [2.05, 4.69) is 9.88 Å². The third-order valence-electron chi connectivity index (χ3n) is 5.17. The van der Waals surface area contributed by atoms with E-state index in [1.54, 1.807) is 18.2 Å². The lowest BCUT2D eigenvalue weighted by Crippen LogP contribution is -2.38. The molecule has 28 heavy (non-hydrogen) atoms. The van der Waals surface area contributed by atoms with Gasteiger partial charge in [0.15, 0.2) is 6.39 Å². The number of halogens is 3. The van der Waals surface area contributed by atoms with Gasteiger partial charge in [-0.25, -0.2) is 4.98 Å². The molecule has 0 aliphatic carbocycles.